The minimum Gasteiger partial charge on any atom is -0.466 e. The zero-order valence-electron chi connectivity index (χ0n) is 38.6. The molecule has 1 saturated heterocycles. The molecule has 0 radical (unpaired) electrons. The summed E-state index contributed by atoms with van der Waals surface area (Å²) in [6.45, 7) is 7.47. The molecule has 0 saturated carbocycles. The topological polar surface area (TPSA) is 143 Å². The molecule has 2 amide bonds. The Morgan fingerprint density at radius 2 is 0.717 bits per heavy atom. The second-order valence-electron chi connectivity index (χ2n) is 17.2. The Morgan fingerprint density at radius 1 is 0.417 bits per heavy atom. The van der Waals surface area contributed by atoms with Gasteiger partial charge in [0, 0.05) is 25.7 Å². The van der Waals surface area contributed by atoms with Crippen LogP contribution in [0.4, 0.5) is 0 Å². The molecule has 11 heteroatoms. The highest BCUT2D eigenvalue weighted by atomic mass is 16.7. The van der Waals surface area contributed by atoms with Gasteiger partial charge in [-0.25, -0.2) is 4.79 Å². The van der Waals surface area contributed by atoms with E-state index in [0.29, 0.717) is 50.4 Å². The minimum atomic E-state index is -1.55. The van der Waals surface area contributed by atoms with E-state index in [1.165, 1.54) is 51.4 Å². The summed E-state index contributed by atoms with van der Waals surface area (Å²) in [5.41, 5.74) is -1.55. The molecule has 1 aliphatic rings. The highest BCUT2D eigenvalue weighted by Gasteiger charge is 2.50. The normalized spacial score (nSPS) is 12.9. The SMILES string of the molecule is CCCCOC(=O)CCCCCCCCCCCCCCC(CCCCCCCCCCCCCCC(=O)OCCCC)(C(=O)OCCCC)C(=O)ON1C(=O)CCC1=O. The van der Waals surface area contributed by atoms with Crippen molar-refractivity contribution < 1.29 is 47.8 Å². The number of imide groups is 1. The van der Waals surface area contributed by atoms with Gasteiger partial charge < -0.3 is 19.0 Å². The average Bonchev–Trinajstić information content (AvgIpc) is 3.55. The Morgan fingerprint density at radius 3 is 1.05 bits per heavy atom. The van der Waals surface area contributed by atoms with Gasteiger partial charge in [-0.2, -0.15) is 0 Å². The number of carbonyl (C=O) groups excluding carboxylic acids is 6. The number of amides is 2. The zero-order chi connectivity index (χ0) is 43.9. The third-order valence-corrected chi connectivity index (χ3v) is 11.7. The number of rotatable bonds is 42. The van der Waals surface area contributed by atoms with Gasteiger partial charge in [-0.1, -0.05) is 181 Å². The van der Waals surface area contributed by atoms with Crippen LogP contribution in [-0.4, -0.2) is 60.6 Å². The van der Waals surface area contributed by atoms with Crippen molar-refractivity contribution in [3.05, 3.63) is 0 Å². The molecule has 0 unspecified atom stereocenters. The summed E-state index contributed by atoms with van der Waals surface area (Å²) in [6, 6.07) is 0. The van der Waals surface area contributed by atoms with Gasteiger partial charge in [0.1, 0.15) is 0 Å². The van der Waals surface area contributed by atoms with Crippen molar-refractivity contribution in [1.29, 1.82) is 0 Å². The Kier molecular flexibility index (Phi) is 34.6. The van der Waals surface area contributed by atoms with E-state index in [4.69, 9.17) is 19.0 Å². The number of hydrogen-bond donors (Lipinski definition) is 0. The van der Waals surface area contributed by atoms with E-state index in [1.807, 2.05) is 6.92 Å². The maximum absolute atomic E-state index is 13.9. The fraction of sp³-hybridized carbons (Fsp3) is 0.878. The summed E-state index contributed by atoms with van der Waals surface area (Å²) in [7, 11) is 0. The minimum absolute atomic E-state index is 0.00539. The highest BCUT2D eigenvalue weighted by molar-refractivity contribution is 6.04. The van der Waals surface area contributed by atoms with Crippen molar-refractivity contribution >= 4 is 35.7 Å². The zero-order valence-corrected chi connectivity index (χ0v) is 38.6. The van der Waals surface area contributed by atoms with Crippen molar-refractivity contribution in [2.45, 2.75) is 252 Å². The smallest absolute Gasteiger partial charge is 0.350 e. The fourth-order valence-corrected chi connectivity index (χ4v) is 7.62. The number of unbranched alkanes of at least 4 members (excludes halogenated alkanes) is 25. The number of hydrogen-bond acceptors (Lipinski definition) is 10. The molecule has 1 fully saturated rings. The van der Waals surface area contributed by atoms with E-state index in [1.54, 1.807) is 0 Å². The Hall–Kier alpha value is -2.98. The fourth-order valence-electron chi connectivity index (χ4n) is 7.62. The van der Waals surface area contributed by atoms with Gasteiger partial charge in [0.25, 0.3) is 11.8 Å². The summed E-state index contributed by atoms with van der Waals surface area (Å²) in [6.07, 6.45) is 32.3. The number of esters is 3. The molecule has 0 aliphatic carbocycles. The molecule has 1 heterocycles. The van der Waals surface area contributed by atoms with Crippen molar-refractivity contribution in [3.8, 4) is 0 Å². The summed E-state index contributed by atoms with van der Waals surface area (Å²) >= 11 is 0. The average molecular weight is 850 g/mol. The molecule has 60 heavy (non-hydrogen) atoms. The molecule has 0 aromatic carbocycles. The molecule has 0 spiro atoms. The van der Waals surface area contributed by atoms with Crippen molar-refractivity contribution in [1.82, 2.24) is 5.06 Å². The van der Waals surface area contributed by atoms with E-state index in [-0.39, 0.29) is 44.2 Å². The third-order valence-electron chi connectivity index (χ3n) is 11.7. The lowest BCUT2D eigenvalue weighted by Crippen LogP contribution is -2.46. The molecule has 0 aromatic rings. The van der Waals surface area contributed by atoms with Crippen LogP contribution in [0, 0.1) is 5.41 Å². The van der Waals surface area contributed by atoms with Crippen molar-refractivity contribution in [2.75, 3.05) is 19.8 Å². The Balaban J connectivity index is 2.49. The summed E-state index contributed by atoms with van der Waals surface area (Å²) in [5, 5.41) is 0.563. The first kappa shape index (κ1) is 55.0. The molecule has 0 aromatic heterocycles. The van der Waals surface area contributed by atoms with Crippen LogP contribution >= 0.6 is 0 Å². The van der Waals surface area contributed by atoms with Crippen LogP contribution in [-0.2, 0) is 47.8 Å². The van der Waals surface area contributed by atoms with Gasteiger partial charge in [-0.3, -0.25) is 24.0 Å². The maximum atomic E-state index is 13.9. The largest absolute Gasteiger partial charge is 0.466 e. The standard InChI is InChI=1S/C49H87NO10/c1-4-7-40-57-45(53)34-30-26-22-18-14-10-12-16-20-24-28-32-38-49(47(55)59-42-9-6-3,48(56)60-50-43(51)36-37-44(50)52)39-33-29-25-21-17-13-11-15-19-23-27-31-35-46(54)58-41-8-5-2/h4-42H2,1-3H3. The predicted octanol–water partition coefficient (Wildman–Crippen LogP) is 12.5. The first-order valence-electron chi connectivity index (χ1n) is 24.8. The molecular formula is C49H87NO10. The number of carbonyl (C=O) groups is 6. The molecule has 1 rings (SSSR count). The quantitative estimate of drug-likeness (QED) is 0.0191. The van der Waals surface area contributed by atoms with Gasteiger partial charge in [-0.15, -0.1) is 5.06 Å². The lowest BCUT2D eigenvalue weighted by atomic mass is 9.77. The van der Waals surface area contributed by atoms with Crippen LogP contribution in [0.15, 0.2) is 0 Å². The molecule has 11 nitrogen and oxygen atoms in total. The van der Waals surface area contributed by atoms with Gasteiger partial charge >= 0.3 is 23.9 Å². The Bertz CT molecular complexity index is 1090. The second-order valence-corrected chi connectivity index (χ2v) is 17.2. The molecule has 348 valence electrons. The van der Waals surface area contributed by atoms with E-state index in [9.17, 15) is 28.8 Å². The lowest BCUT2D eigenvalue weighted by Gasteiger charge is -2.30. The van der Waals surface area contributed by atoms with E-state index in [2.05, 4.69) is 13.8 Å². The number of ether oxygens (including phenoxy) is 3. The molecule has 0 bridgehead atoms. The van der Waals surface area contributed by atoms with Crippen LogP contribution in [0.5, 0.6) is 0 Å². The summed E-state index contributed by atoms with van der Waals surface area (Å²) in [5.74, 6) is -2.69. The molecule has 1 aliphatic heterocycles. The van der Waals surface area contributed by atoms with Gasteiger partial charge in [0.15, 0.2) is 5.41 Å². The van der Waals surface area contributed by atoms with Crippen LogP contribution < -0.4 is 0 Å². The number of nitrogens with zero attached hydrogens (tertiary/aromatic N) is 1. The highest BCUT2D eigenvalue weighted by Crippen LogP contribution is 2.36. The van der Waals surface area contributed by atoms with Gasteiger partial charge in [0.05, 0.1) is 19.8 Å². The summed E-state index contributed by atoms with van der Waals surface area (Å²) < 4.78 is 16.1. The monoisotopic (exact) mass is 850 g/mol. The van der Waals surface area contributed by atoms with Crippen LogP contribution in [0.2, 0.25) is 0 Å². The summed E-state index contributed by atoms with van der Waals surface area (Å²) in [4.78, 5) is 81.5. The van der Waals surface area contributed by atoms with Gasteiger partial charge in [-0.05, 0) is 44.9 Å². The van der Waals surface area contributed by atoms with Gasteiger partial charge in [0.2, 0.25) is 0 Å². The number of hydroxylamine groups is 2. The third kappa shape index (κ3) is 27.1. The van der Waals surface area contributed by atoms with E-state index >= 15 is 0 Å². The van der Waals surface area contributed by atoms with E-state index in [0.717, 1.165) is 122 Å². The predicted molar refractivity (Wildman–Crippen MR) is 236 cm³/mol. The maximum Gasteiger partial charge on any atom is 0.350 e. The lowest BCUT2D eigenvalue weighted by molar-refractivity contribution is -0.209. The molecule has 0 atom stereocenters. The second kappa shape index (κ2) is 37.8. The van der Waals surface area contributed by atoms with Crippen molar-refractivity contribution in [3.63, 3.8) is 0 Å². The van der Waals surface area contributed by atoms with Crippen molar-refractivity contribution in [2.24, 2.45) is 5.41 Å². The van der Waals surface area contributed by atoms with E-state index < -0.39 is 29.2 Å². The first-order valence-corrected chi connectivity index (χ1v) is 24.8. The first-order chi connectivity index (χ1) is 29.2. The Labute approximate surface area is 364 Å². The van der Waals surface area contributed by atoms with Crippen LogP contribution in [0.25, 0.3) is 0 Å². The molecule has 0 N–H and O–H groups in total. The van der Waals surface area contributed by atoms with Crippen LogP contribution in [0.3, 0.4) is 0 Å². The van der Waals surface area contributed by atoms with Crippen LogP contribution in [0.1, 0.15) is 252 Å². The molecular weight excluding hydrogens is 763 g/mol.